The lowest BCUT2D eigenvalue weighted by molar-refractivity contribution is -0.136. The van der Waals surface area contributed by atoms with E-state index in [-0.39, 0.29) is 32.5 Å². The molecule has 148 valence electrons. The number of carbonyl (C=O) groups is 1. The van der Waals surface area contributed by atoms with Gasteiger partial charge in [-0.2, -0.15) is 0 Å². The van der Waals surface area contributed by atoms with E-state index in [4.69, 9.17) is 18.9 Å². The maximum absolute atomic E-state index is 12.6. The molecule has 3 aliphatic rings. The fourth-order valence-corrected chi connectivity index (χ4v) is 3.79. The Morgan fingerprint density at radius 3 is 2.85 bits per heavy atom. The first-order valence-corrected chi connectivity index (χ1v) is 9.44. The molecule has 1 atom stereocenters. The number of carbonyl (C=O) groups excluding carboxylic acids is 1. The molecule has 1 aromatic carbocycles. The van der Waals surface area contributed by atoms with E-state index in [1.165, 1.54) is 0 Å². The fourth-order valence-electron chi connectivity index (χ4n) is 3.79. The van der Waals surface area contributed by atoms with Gasteiger partial charge in [-0.25, -0.2) is 0 Å². The average Bonchev–Trinajstić information content (AvgIpc) is 3.29. The van der Waals surface area contributed by atoms with Gasteiger partial charge in [-0.3, -0.25) is 4.79 Å². The molecule has 3 aliphatic heterocycles. The molecule has 0 bridgehead atoms. The molecule has 0 spiro atoms. The van der Waals surface area contributed by atoms with Crippen LogP contribution in [0.25, 0.3) is 0 Å². The molecule has 0 unspecified atom stereocenters. The second kappa shape index (κ2) is 7.92. The van der Waals surface area contributed by atoms with Crippen molar-refractivity contribution in [2.24, 2.45) is 0 Å². The smallest absolute Gasteiger partial charge is 0.260 e. The monoisotopic (exact) mass is 378 g/mol. The molecule has 8 heteroatoms. The summed E-state index contributed by atoms with van der Waals surface area (Å²) >= 11 is 0. The van der Waals surface area contributed by atoms with Gasteiger partial charge in [-0.15, -0.1) is 0 Å². The van der Waals surface area contributed by atoms with E-state index in [0.29, 0.717) is 36.9 Å². The Balaban J connectivity index is 1.34. The summed E-state index contributed by atoms with van der Waals surface area (Å²) in [7, 11) is 0. The van der Waals surface area contributed by atoms with E-state index in [0.717, 1.165) is 25.9 Å². The van der Waals surface area contributed by atoms with Crippen molar-refractivity contribution in [2.45, 2.75) is 18.4 Å². The minimum absolute atomic E-state index is 0.0978. The molecule has 0 radical (unpaired) electrons. The molecule has 27 heavy (non-hydrogen) atoms. The van der Waals surface area contributed by atoms with Gasteiger partial charge in [0.2, 0.25) is 6.79 Å². The molecule has 1 amide bonds. The largest absolute Gasteiger partial charge is 0.484 e. The standard InChI is InChI=1S/C19H26N2O6/c22-18(10-25-15-3-4-16-17(9-15)27-14-26-16)21-7-8-24-13-19(23,12-21)11-20-5-1-2-6-20/h3-4,9,23H,1-2,5-8,10-14H2/t19-/m1/s1. The van der Waals surface area contributed by atoms with E-state index in [1.807, 2.05) is 0 Å². The number of rotatable bonds is 5. The zero-order valence-electron chi connectivity index (χ0n) is 15.4. The summed E-state index contributed by atoms with van der Waals surface area (Å²) < 4.78 is 21.8. The highest BCUT2D eigenvalue weighted by molar-refractivity contribution is 5.78. The van der Waals surface area contributed by atoms with Crippen molar-refractivity contribution in [3.63, 3.8) is 0 Å². The van der Waals surface area contributed by atoms with Crippen LogP contribution >= 0.6 is 0 Å². The van der Waals surface area contributed by atoms with Crippen molar-refractivity contribution < 1.29 is 28.8 Å². The number of β-amino-alcohol motifs (C(OH)–C–C–N with tert-alkyl or cyclic N) is 1. The van der Waals surface area contributed by atoms with Gasteiger partial charge in [-0.05, 0) is 38.1 Å². The molecule has 2 saturated heterocycles. The molecule has 4 rings (SSSR count). The second-order valence-electron chi connectivity index (χ2n) is 7.38. The van der Waals surface area contributed by atoms with Gasteiger partial charge in [0, 0.05) is 19.2 Å². The number of fused-ring (bicyclic) bond motifs is 1. The van der Waals surface area contributed by atoms with Crippen LogP contribution in [0.2, 0.25) is 0 Å². The van der Waals surface area contributed by atoms with Crippen molar-refractivity contribution in [3.05, 3.63) is 18.2 Å². The number of aliphatic hydroxyl groups is 1. The van der Waals surface area contributed by atoms with E-state index in [2.05, 4.69) is 4.90 Å². The highest BCUT2D eigenvalue weighted by Crippen LogP contribution is 2.35. The molecule has 8 nitrogen and oxygen atoms in total. The minimum atomic E-state index is -1.05. The molecule has 1 N–H and O–H groups in total. The van der Waals surface area contributed by atoms with E-state index < -0.39 is 5.60 Å². The van der Waals surface area contributed by atoms with Crippen LogP contribution in [-0.4, -0.2) is 85.8 Å². The average molecular weight is 378 g/mol. The highest BCUT2D eigenvalue weighted by Gasteiger charge is 2.36. The number of nitrogens with zero attached hydrogens (tertiary/aromatic N) is 2. The van der Waals surface area contributed by atoms with Crippen LogP contribution in [-0.2, 0) is 9.53 Å². The predicted molar refractivity (Wildman–Crippen MR) is 96.1 cm³/mol. The van der Waals surface area contributed by atoms with Crippen LogP contribution in [0.1, 0.15) is 12.8 Å². The van der Waals surface area contributed by atoms with Crippen LogP contribution in [0.5, 0.6) is 17.2 Å². The highest BCUT2D eigenvalue weighted by atomic mass is 16.7. The SMILES string of the molecule is O=C(COc1ccc2c(c1)OCO2)N1CCOC[C@@](O)(CN2CCCC2)C1. The van der Waals surface area contributed by atoms with Crippen molar-refractivity contribution in [1.82, 2.24) is 9.80 Å². The number of hydrogen-bond donors (Lipinski definition) is 1. The lowest BCUT2D eigenvalue weighted by Crippen LogP contribution is -2.53. The van der Waals surface area contributed by atoms with Gasteiger partial charge in [0.15, 0.2) is 18.1 Å². The van der Waals surface area contributed by atoms with Crippen molar-refractivity contribution >= 4 is 5.91 Å². The Labute approximate surface area is 158 Å². The number of amides is 1. The Hall–Kier alpha value is -2.03. The third-order valence-electron chi connectivity index (χ3n) is 5.14. The summed E-state index contributed by atoms with van der Waals surface area (Å²) in [6.07, 6.45) is 2.31. The van der Waals surface area contributed by atoms with Crippen molar-refractivity contribution in [2.75, 3.05) is 59.3 Å². The number of benzene rings is 1. The topological polar surface area (TPSA) is 80.7 Å². The zero-order chi connectivity index (χ0) is 18.7. The van der Waals surface area contributed by atoms with Crippen LogP contribution < -0.4 is 14.2 Å². The first kappa shape index (κ1) is 18.3. The van der Waals surface area contributed by atoms with Crippen LogP contribution in [0, 0.1) is 0 Å². The van der Waals surface area contributed by atoms with Crippen LogP contribution in [0.15, 0.2) is 18.2 Å². The Morgan fingerprint density at radius 2 is 2.00 bits per heavy atom. The summed E-state index contributed by atoms with van der Waals surface area (Å²) in [6.45, 7) is 3.97. The van der Waals surface area contributed by atoms with Crippen LogP contribution in [0.4, 0.5) is 0 Å². The van der Waals surface area contributed by atoms with Gasteiger partial charge in [0.1, 0.15) is 11.4 Å². The summed E-state index contributed by atoms with van der Waals surface area (Å²) in [5.74, 6) is 1.66. The summed E-state index contributed by atoms with van der Waals surface area (Å²) in [5, 5.41) is 11.0. The molecule has 2 fully saturated rings. The van der Waals surface area contributed by atoms with Crippen LogP contribution in [0.3, 0.4) is 0 Å². The van der Waals surface area contributed by atoms with Gasteiger partial charge < -0.3 is 33.9 Å². The van der Waals surface area contributed by atoms with Gasteiger partial charge >= 0.3 is 0 Å². The Kier molecular flexibility index (Phi) is 5.38. The lowest BCUT2D eigenvalue weighted by Gasteiger charge is -2.33. The zero-order valence-corrected chi connectivity index (χ0v) is 15.4. The summed E-state index contributed by atoms with van der Waals surface area (Å²) in [4.78, 5) is 16.5. The number of hydrogen-bond acceptors (Lipinski definition) is 7. The van der Waals surface area contributed by atoms with Crippen molar-refractivity contribution in [1.29, 1.82) is 0 Å². The first-order valence-electron chi connectivity index (χ1n) is 9.44. The van der Waals surface area contributed by atoms with Crippen molar-refractivity contribution in [3.8, 4) is 17.2 Å². The minimum Gasteiger partial charge on any atom is -0.484 e. The van der Waals surface area contributed by atoms with E-state index in [1.54, 1.807) is 23.1 Å². The Bertz CT molecular complexity index is 678. The summed E-state index contributed by atoms with van der Waals surface area (Å²) in [5.41, 5.74) is -1.05. The maximum Gasteiger partial charge on any atom is 0.260 e. The van der Waals surface area contributed by atoms with Gasteiger partial charge in [0.05, 0.1) is 19.8 Å². The predicted octanol–water partition coefficient (Wildman–Crippen LogP) is 0.480. The molecule has 0 aliphatic carbocycles. The first-order chi connectivity index (χ1) is 13.1. The normalized spacial score (nSPS) is 25.4. The molecule has 0 saturated carbocycles. The lowest BCUT2D eigenvalue weighted by atomic mass is 10.0. The number of likely N-dealkylation sites (tertiary alicyclic amines) is 1. The van der Waals surface area contributed by atoms with E-state index >= 15 is 0 Å². The molecule has 3 heterocycles. The van der Waals surface area contributed by atoms with Gasteiger partial charge in [-0.1, -0.05) is 0 Å². The second-order valence-corrected chi connectivity index (χ2v) is 7.38. The molecule has 0 aromatic heterocycles. The molecular weight excluding hydrogens is 352 g/mol. The van der Waals surface area contributed by atoms with E-state index in [9.17, 15) is 9.90 Å². The maximum atomic E-state index is 12.6. The molecule has 1 aromatic rings. The quantitative estimate of drug-likeness (QED) is 0.798. The molecular formula is C19H26N2O6. The Morgan fingerprint density at radius 1 is 1.19 bits per heavy atom. The third-order valence-corrected chi connectivity index (χ3v) is 5.14. The third kappa shape index (κ3) is 4.45. The van der Waals surface area contributed by atoms with Gasteiger partial charge in [0.25, 0.3) is 5.91 Å². The fraction of sp³-hybridized carbons (Fsp3) is 0.632. The summed E-state index contributed by atoms with van der Waals surface area (Å²) in [6, 6.07) is 5.22. The number of ether oxygens (including phenoxy) is 4.